The summed E-state index contributed by atoms with van der Waals surface area (Å²) in [6.45, 7) is 0. The number of aldehydes is 1. The van der Waals surface area contributed by atoms with Crippen LogP contribution in [0.2, 0.25) is 0 Å². The molecule has 0 aliphatic carbocycles. The molecule has 0 bridgehead atoms. The zero-order valence-corrected chi connectivity index (χ0v) is 8.83. The van der Waals surface area contributed by atoms with E-state index in [2.05, 4.69) is 4.98 Å². The van der Waals surface area contributed by atoms with E-state index in [1.165, 1.54) is 0 Å². The maximum Gasteiger partial charge on any atom is 0.266 e. The predicted octanol–water partition coefficient (Wildman–Crippen LogP) is 2.31. The van der Waals surface area contributed by atoms with E-state index in [1.807, 2.05) is 0 Å². The van der Waals surface area contributed by atoms with E-state index in [0.717, 1.165) is 6.20 Å². The van der Waals surface area contributed by atoms with Crippen molar-refractivity contribution in [2.75, 3.05) is 0 Å². The number of hydrogen-bond donors (Lipinski definition) is 0. The highest BCUT2D eigenvalue weighted by molar-refractivity contribution is 14.1. The molecule has 0 atom stereocenters. The van der Waals surface area contributed by atoms with Crippen molar-refractivity contribution in [2.24, 2.45) is 0 Å². The molecule has 0 N–H and O–H groups in total. The lowest BCUT2D eigenvalue weighted by Gasteiger charge is -2.05. The fraction of sp³-hybridized carbons (Fsp3) is 0.125. The van der Waals surface area contributed by atoms with Gasteiger partial charge in [-0.25, -0.2) is 13.8 Å². The molecule has 6 heteroatoms. The number of carbonyl (C=O) groups excluding carboxylic acids is 1. The Morgan fingerprint density at radius 2 is 2.29 bits per heavy atom. The van der Waals surface area contributed by atoms with Crippen LogP contribution in [0.1, 0.15) is 28.0 Å². The summed E-state index contributed by atoms with van der Waals surface area (Å²) < 4.78 is 24.9. The number of alkyl halides is 2. The molecule has 0 fully saturated rings. The predicted molar refractivity (Wildman–Crippen MR) is 52.0 cm³/mol. The maximum absolute atomic E-state index is 12.3. The molecular weight excluding hydrogens is 305 g/mol. The van der Waals surface area contributed by atoms with E-state index in [1.54, 1.807) is 28.7 Å². The van der Waals surface area contributed by atoms with Crippen molar-refractivity contribution in [1.82, 2.24) is 4.98 Å². The highest BCUT2D eigenvalue weighted by atomic mass is 127. The van der Waals surface area contributed by atoms with Crippen LogP contribution in [0.5, 0.6) is 0 Å². The third kappa shape index (κ3) is 1.87. The molecule has 0 aliphatic rings. The van der Waals surface area contributed by atoms with Crippen LogP contribution in [0.15, 0.2) is 6.20 Å². The van der Waals surface area contributed by atoms with Gasteiger partial charge >= 0.3 is 0 Å². The van der Waals surface area contributed by atoms with Gasteiger partial charge in [0.1, 0.15) is 6.07 Å². The molecule has 0 aromatic carbocycles. The molecule has 1 heterocycles. The highest BCUT2D eigenvalue weighted by Gasteiger charge is 2.18. The van der Waals surface area contributed by atoms with Crippen LogP contribution in [0, 0.1) is 14.9 Å². The number of aromatic nitrogens is 1. The Morgan fingerprint density at radius 3 is 2.71 bits per heavy atom. The van der Waals surface area contributed by atoms with Crippen LogP contribution in [0.3, 0.4) is 0 Å². The molecule has 0 saturated heterocycles. The number of pyridine rings is 1. The molecule has 0 saturated carbocycles. The van der Waals surface area contributed by atoms with Crippen LogP contribution in [-0.4, -0.2) is 11.3 Å². The Kier molecular flexibility index (Phi) is 3.46. The second kappa shape index (κ2) is 4.41. The summed E-state index contributed by atoms with van der Waals surface area (Å²) in [6, 6.07) is 1.71. The summed E-state index contributed by atoms with van der Waals surface area (Å²) in [5, 5.41) is 8.55. The monoisotopic (exact) mass is 308 g/mol. The summed E-state index contributed by atoms with van der Waals surface area (Å²) in [5.74, 6) is 0. The van der Waals surface area contributed by atoms with Crippen LogP contribution in [0.25, 0.3) is 0 Å². The van der Waals surface area contributed by atoms with Crippen LogP contribution in [-0.2, 0) is 0 Å². The third-order valence-corrected chi connectivity index (χ3v) is 2.64. The molecule has 0 aliphatic heterocycles. The second-order valence-corrected chi connectivity index (χ2v) is 3.40. The Labute approximate surface area is 91.9 Å². The normalized spacial score (nSPS) is 9.93. The number of nitrogens with zero attached hydrogens (tertiary/aromatic N) is 2. The van der Waals surface area contributed by atoms with Gasteiger partial charge in [-0.3, -0.25) is 4.79 Å². The molecule has 0 spiro atoms. The molecule has 0 amide bonds. The first-order valence-electron chi connectivity index (χ1n) is 3.43. The Hall–Kier alpha value is -1.10. The lowest BCUT2D eigenvalue weighted by atomic mass is 10.1. The van der Waals surface area contributed by atoms with Crippen molar-refractivity contribution >= 4 is 28.9 Å². The molecule has 1 aromatic rings. The fourth-order valence-corrected chi connectivity index (χ4v) is 1.58. The van der Waals surface area contributed by atoms with Gasteiger partial charge in [-0.05, 0) is 22.6 Å². The third-order valence-electron chi connectivity index (χ3n) is 1.55. The van der Waals surface area contributed by atoms with E-state index >= 15 is 0 Å². The molecular formula is C8H3F2IN2O. The van der Waals surface area contributed by atoms with Gasteiger partial charge in [-0.1, -0.05) is 0 Å². The molecule has 0 radical (unpaired) electrons. The van der Waals surface area contributed by atoms with Crippen LogP contribution in [0.4, 0.5) is 8.78 Å². The molecule has 1 rings (SSSR count). The van der Waals surface area contributed by atoms with E-state index in [0.29, 0.717) is 6.29 Å². The number of carbonyl (C=O) groups is 1. The quantitative estimate of drug-likeness (QED) is 0.622. The molecule has 72 valence electrons. The van der Waals surface area contributed by atoms with Crippen molar-refractivity contribution < 1.29 is 13.6 Å². The average molecular weight is 308 g/mol. The number of rotatable bonds is 2. The first-order chi connectivity index (χ1) is 6.61. The minimum atomic E-state index is -2.76. The Bertz CT molecular complexity index is 415. The number of halogens is 3. The van der Waals surface area contributed by atoms with Crippen molar-refractivity contribution in [3.63, 3.8) is 0 Å². The van der Waals surface area contributed by atoms with Crippen LogP contribution >= 0.6 is 22.6 Å². The highest BCUT2D eigenvalue weighted by Crippen LogP contribution is 2.25. The lowest BCUT2D eigenvalue weighted by molar-refractivity contribution is 0.110. The van der Waals surface area contributed by atoms with Crippen LogP contribution < -0.4 is 0 Å². The lowest BCUT2D eigenvalue weighted by Crippen LogP contribution is -2.01. The smallest absolute Gasteiger partial charge is 0.266 e. The summed E-state index contributed by atoms with van der Waals surface area (Å²) in [6.07, 6.45) is -1.59. The van der Waals surface area contributed by atoms with Gasteiger partial charge in [-0.2, -0.15) is 5.26 Å². The first kappa shape index (κ1) is 11.0. The summed E-state index contributed by atoms with van der Waals surface area (Å²) in [7, 11) is 0. The van der Waals surface area contributed by atoms with Crippen molar-refractivity contribution in [3.05, 3.63) is 26.6 Å². The maximum atomic E-state index is 12.3. The largest absolute Gasteiger partial charge is 0.298 e. The Balaban J connectivity index is 3.45. The zero-order chi connectivity index (χ0) is 10.7. The van der Waals surface area contributed by atoms with Gasteiger partial charge in [-0.15, -0.1) is 0 Å². The van der Waals surface area contributed by atoms with Gasteiger partial charge in [0.2, 0.25) is 0 Å². The summed E-state index contributed by atoms with van der Waals surface area (Å²) in [5.41, 5.74) is -0.618. The van der Waals surface area contributed by atoms with E-state index in [9.17, 15) is 13.6 Å². The fourth-order valence-electron chi connectivity index (χ4n) is 0.886. The van der Waals surface area contributed by atoms with E-state index in [4.69, 9.17) is 5.26 Å². The van der Waals surface area contributed by atoms with Gasteiger partial charge < -0.3 is 0 Å². The minimum Gasteiger partial charge on any atom is -0.298 e. The molecule has 1 aromatic heterocycles. The average Bonchev–Trinajstić information content (AvgIpc) is 2.17. The summed E-state index contributed by atoms with van der Waals surface area (Å²) in [4.78, 5) is 14.1. The second-order valence-electron chi connectivity index (χ2n) is 2.32. The van der Waals surface area contributed by atoms with Crippen molar-refractivity contribution in [3.8, 4) is 6.07 Å². The number of hydrogen-bond acceptors (Lipinski definition) is 3. The van der Waals surface area contributed by atoms with Crippen molar-refractivity contribution in [2.45, 2.75) is 6.43 Å². The Morgan fingerprint density at radius 1 is 1.64 bits per heavy atom. The zero-order valence-electron chi connectivity index (χ0n) is 6.67. The molecule has 14 heavy (non-hydrogen) atoms. The minimum absolute atomic E-state index is 0.0166. The molecule has 0 unspecified atom stereocenters. The van der Waals surface area contributed by atoms with Crippen molar-refractivity contribution in [1.29, 1.82) is 5.26 Å². The molecule has 3 nitrogen and oxygen atoms in total. The van der Waals surface area contributed by atoms with Gasteiger partial charge in [0.25, 0.3) is 6.43 Å². The number of nitriles is 1. The van der Waals surface area contributed by atoms with E-state index in [-0.39, 0.29) is 14.8 Å². The van der Waals surface area contributed by atoms with Gasteiger partial charge in [0, 0.05) is 17.3 Å². The van der Waals surface area contributed by atoms with Gasteiger partial charge in [0.15, 0.2) is 12.0 Å². The SMILES string of the molecule is N#Cc1ncc(C(F)F)c(C=O)c1I. The topological polar surface area (TPSA) is 53.8 Å². The summed E-state index contributed by atoms with van der Waals surface area (Å²) >= 11 is 1.65. The standard InChI is InChI=1S/C8H3F2IN2O/c9-8(10)4-2-13-6(1-12)7(11)5(4)3-14/h2-3,8H. The van der Waals surface area contributed by atoms with Gasteiger partial charge in [0.05, 0.1) is 3.57 Å². The first-order valence-corrected chi connectivity index (χ1v) is 4.51. The van der Waals surface area contributed by atoms with E-state index < -0.39 is 12.0 Å².